The summed E-state index contributed by atoms with van der Waals surface area (Å²) in [7, 11) is 2.15. The van der Waals surface area contributed by atoms with Crippen molar-refractivity contribution in [3.63, 3.8) is 0 Å². The maximum absolute atomic E-state index is 13.1. The summed E-state index contributed by atoms with van der Waals surface area (Å²) in [4.78, 5) is 25.1. The van der Waals surface area contributed by atoms with Crippen molar-refractivity contribution < 1.29 is 9.53 Å². The van der Waals surface area contributed by atoms with E-state index in [9.17, 15) is 4.79 Å². The first kappa shape index (κ1) is 22.2. The van der Waals surface area contributed by atoms with Crippen molar-refractivity contribution in [1.29, 1.82) is 0 Å². The third-order valence-electron chi connectivity index (χ3n) is 6.47. The molecule has 6 nitrogen and oxygen atoms in total. The number of aliphatic imine (C=N–C) groups is 1. The number of fused-ring (bicyclic) bond motifs is 1. The van der Waals surface area contributed by atoms with Crippen molar-refractivity contribution >= 4 is 23.3 Å². The van der Waals surface area contributed by atoms with E-state index in [2.05, 4.69) is 39.9 Å². The Bertz CT molecular complexity index is 1140. The summed E-state index contributed by atoms with van der Waals surface area (Å²) in [6, 6.07) is 28.0. The maximum Gasteiger partial charge on any atom is 0.308 e. The van der Waals surface area contributed by atoms with Crippen molar-refractivity contribution in [3.8, 4) is 0 Å². The fraction of sp³-hybridized carbons (Fsp3) is 0.286. The van der Waals surface area contributed by atoms with Gasteiger partial charge in [0.2, 0.25) is 5.96 Å². The highest BCUT2D eigenvalue weighted by Crippen LogP contribution is 2.40. The first-order valence-electron chi connectivity index (χ1n) is 11.8. The minimum atomic E-state index is -0.218. The van der Waals surface area contributed by atoms with Gasteiger partial charge in [-0.1, -0.05) is 66.7 Å². The minimum absolute atomic E-state index is 0.200. The molecule has 2 aliphatic heterocycles. The summed E-state index contributed by atoms with van der Waals surface area (Å²) in [5, 5.41) is 0. The van der Waals surface area contributed by atoms with Crippen molar-refractivity contribution in [1.82, 2.24) is 9.80 Å². The molecule has 1 atom stereocenters. The number of ether oxygens (including phenoxy) is 1. The summed E-state index contributed by atoms with van der Waals surface area (Å²) in [6.45, 7) is 4.02. The SMILES string of the molecule is CN1CCN(C2=Nc3ccccc3C(CC(=O)OCc3ccccc3)N2c2ccccc2)CC1. The Kier molecular flexibility index (Phi) is 6.58. The molecule has 0 aromatic heterocycles. The Hall–Kier alpha value is -3.64. The number of esters is 1. The van der Waals surface area contributed by atoms with Crippen LogP contribution in [0.2, 0.25) is 0 Å². The molecular formula is C28H30N4O2. The largest absolute Gasteiger partial charge is 0.461 e. The number of carbonyl (C=O) groups is 1. The first-order valence-corrected chi connectivity index (χ1v) is 11.8. The van der Waals surface area contributed by atoms with Gasteiger partial charge in [-0.25, -0.2) is 4.99 Å². The quantitative estimate of drug-likeness (QED) is 0.527. The molecule has 0 aliphatic carbocycles. The van der Waals surface area contributed by atoms with Crippen LogP contribution in [0.15, 0.2) is 89.9 Å². The second-order valence-corrected chi connectivity index (χ2v) is 8.83. The van der Waals surface area contributed by atoms with Crippen molar-refractivity contribution in [2.24, 2.45) is 4.99 Å². The second-order valence-electron chi connectivity index (χ2n) is 8.83. The molecule has 34 heavy (non-hydrogen) atoms. The molecule has 1 unspecified atom stereocenters. The van der Waals surface area contributed by atoms with E-state index in [4.69, 9.17) is 9.73 Å². The minimum Gasteiger partial charge on any atom is -0.461 e. The number of nitrogens with zero attached hydrogens (tertiary/aromatic N) is 4. The predicted molar refractivity (Wildman–Crippen MR) is 135 cm³/mol. The van der Waals surface area contributed by atoms with E-state index in [0.717, 1.165) is 54.6 Å². The summed E-state index contributed by atoms with van der Waals surface area (Å²) < 4.78 is 5.70. The Morgan fingerprint density at radius 1 is 0.882 bits per heavy atom. The van der Waals surface area contributed by atoms with Crippen LogP contribution >= 0.6 is 0 Å². The summed E-state index contributed by atoms with van der Waals surface area (Å²) >= 11 is 0. The van der Waals surface area contributed by atoms with E-state index in [1.165, 1.54) is 0 Å². The molecule has 2 heterocycles. The zero-order chi connectivity index (χ0) is 23.3. The van der Waals surface area contributed by atoms with Gasteiger partial charge in [-0.15, -0.1) is 0 Å². The molecule has 3 aromatic carbocycles. The number of benzene rings is 3. The number of para-hydroxylation sites is 2. The monoisotopic (exact) mass is 454 g/mol. The topological polar surface area (TPSA) is 48.4 Å². The average molecular weight is 455 g/mol. The van der Waals surface area contributed by atoms with E-state index >= 15 is 0 Å². The third-order valence-corrected chi connectivity index (χ3v) is 6.47. The van der Waals surface area contributed by atoms with Crippen LogP contribution in [0.1, 0.15) is 23.6 Å². The van der Waals surface area contributed by atoms with Gasteiger partial charge in [0.15, 0.2) is 0 Å². The molecule has 5 rings (SSSR count). The molecule has 1 saturated heterocycles. The van der Waals surface area contributed by atoms with Crippen molar-refractivity contribution in [3.05, 3.63) is 96.1 Å². The number of hydrogen-bond donors (Lipinski definition) is 0. The average Bonchev–Trinajstić information content (AvgIpc) is 2.89. The molecule has 0 bridgehead atoms. The lowest BCUT2D eigenvalue weighted by molar-refractivity contribution is -0.145. The van der Waals surface area contributed by atoms with Gasteiger partial charge in [0.1, 0.15) is 6.61 Å². The molecule has 0 amide bonds. The number of likely N-dealkylation sites (N-methyl/N-ethyl adjacent to an activating group) is 1. The summed E-state index contributed by atoms with van der Waals surface area (Å²) in [5.41, 5.74) is 3.97. The Balaban J connectivity index is 1.47. The van der Waals surface area contributed by atoms with Gasteiger partial charge in [-0.3, -0.25) is 4.79 Å². The Morgan fingerprint density at radius 3 is 2.26 bits per heavy atom. The van der Waals surface area contributed by atoms with Crippen LogP contribution in [0, 0.1) is 0 Å². The van der Waals surface area contributed by atoms with Crippen LogP contribution in [0.5, 0.6) is 0 Å². The van der Waals surface area contributed by atoms with Crippen LogP contribution < -0.4 is 4.90 Å². The number of carbonyl (C=O) groups excluding carboxylic acids is 1. The molecule has 0 N–H and O–H groups in total. The lowest BCUT2D eigenvalue weighted by atomic mass is 9.97. The molecule has 0 spiro atoms. The first-order chi connectivity index (χ1) is 16.7. The number of hydrogen-bond acceptors (Lipinski definition) is 6. The van der Waals surface area contributed by atoms with E-state index < -0.39 is 0 Å². The molecular weight excluding hydrogens is 424 g/mol. The van der Waals surface area contributed by atoms with Crippen molar-refractivity contribution in [2.75, 3.05) is 38.1 Å². The highest BCUT2D eigenvalue weighted by molar-refractivity contribution is 6.01. The standard InChI is InChI=1S/C28H30N4O2/c1-30-16-18-31(19-17-30)28-29-25-15-9-8-14-24(25)26(32(28)23-12-6-3-7-13-23)20-27(33)34-21-22-10-4-2-5-11-22/h2-15,26H,16-21H2,1H3. The molecule has 0 saturated carbocycles. The fourth-order valence-corrected chi connectivity index (χ4v) is 4.58. The van der Waals surface area contributed by atoms with E-state index in [1.54, 1.807) is 0 Å². The zero-order valence-corrected chi connectivity index (χ0v) is 19.5. The van der Waals surface area contributed by atoms with Gasteiger partial charge < -0.3 is 19.4 Å². The Labute approximate surface area is 201 Å². The smallest absolute Gasteiger partial charge is 0.308 e. The lowest BCUT2D eigenvalue weighted by Gasteiger charge is -2.44. The van der Waals surface area contributed by atoms with E-state index in [-0.39, 0.29) is 25.0 Å². The number of piperazine rings is 1. The fourth-order valence-electron chi connectivity index (χ4n) is 4.58. The molecule has 174 valence electrons. The molecule has 2 aliphatic rings. The third kappa shape index (κ3) is 4.82. The van der Waals surface area contributed by atoms with Crippen LogP contribution in [0.3, 0.4) is 0 Å². The molecule has 1 fully saturated rings. The molecule has 0 radical (unpaired) electrons. The van der Waals surface area contributed by atoms with Crippen LogP contribution in [-0.2, 0) is 16.1 Å². The van der Waals surface area contributed by atoms with Gasteiger partial charge in [0, 0.05) is 37.4 Å². The number of anilines is 1. The highest BCUT2D eigenvalue weighted by Gasteiger charge is 2.36. The summed E-state index contributed by atoms with van der Waals surface area (Å²) in [5.74, 6) is 0.683. The van der Waals surface area contributed by atoms with Gasteiger partial charge in [-0.05, 0) is 30.8 Å². The Morgan fingerprint density at radius 2 is 1.53 bits per heavy atom. The van der Waals surface area contributed by atoms with Gasteiger partial charge in [0.05, 0.1) is 18.2 Å². The van der Waals surface area contributed by atoms with E-state index in [1.807, 2.05) is 66.7 Å². The normalized spacial score (nSPS) is 18.3. The highest BCUT2D eigenvalue weighted by atomic mass is 16.5. The zero-order valence-electron chi connectivity index (χ0n) is 19.5. The second kappa shape index (κ2) is 10.1. The van der Waals surface area contributed by atoms with Crippen molar-refractivity contribution in [2.45, 2.75) is 19.1 Å². The number of guanidine groups is 1. The lowest BCUT2D eigenvalue weighted by Crippen LogP contribution is -2.54. The van der Waals surface area contributed by atoms with Crippen LogP contribution in [0.4, 0.5) is 11.4 Å². The van der Waals surface area contributed by atoms with Gasteiger partial charge in [0.25, 0.3) is 0 Å². The van der Waals surface area contributed by atoms with Gasteiger partial charge >= 0.3 is 5.97 Å². The molecule has 3 aromatic rings. The maximum atomic E-state index is 13.1. The van der Waals surface area contributed by atoms with Crippen LogP contribution in [-0.4, -0.2) is 55.0 Å². The van der Waals surface area contributed by atoms with Gasteiger partial charge in [-0.2, -0.15) is 0 Å². The number of rotatable bonds is 5. The van der Waals surface area contributed by atoms with Crippen LogP contribution in [0.25, 0.3) is 0 Å². The molecule has 6 heteroatoms. The van der Waals surface area contributed by atoms with E-state index in [0.29, 0.717) is 0 Å². The summed E-state index contributed by atoms with van der Waals surface area (Å²) in [6.07, 6.45) is 0.242. The predicted octanol–water partition coefficient (Wildman–Crippen LogP) is 4.62.